The monoisotopic (exact) mass is 390 g/mol. The lowest BCUT2D eigenvalue weighted by atomic mass is 10.2. The van der Waals surface area contributed by atoms with Crippen molar-refractivity contribution < 1.29 is 14.3 Å². The first-order chi connectivity index (χ1) is 14.1. The molecule has 3 aromatic carbocycles. The molecule has 0 fully saturated rings. The molecule has 0 radical (unpaired) electrons. The fourth-order valence-corrected chi connectivity index (χ4v) is 2.74. The molecule has 0 aliphatic heterocycles. The molecular formula is C24H26N2O3. The topological polar surface area (TPSA) is 59.6 Å². The lowest BCUT2D eigenvalue weighted by Gasteiger charge is -2.12. The van der Waals surface area contributed by atoms with Gasteiger partial charge in [-0.1, -0.05) is 42.5 Å². The van der Waals surface area contributed by atoms with Crippen LogP contribution in [0.1, 0.15) is 19.4 Å². The molecule has 0 aromatic heterocycles. The largest absolute Gasteiger partial charge is 0.491 e. The highest BCUT2D eigenvalue weighted by molar-refractivity contribution is 5.93. The molecular weight excluding hydrogens is 364 g/mol. The normalized spacial score (nSPS) is 10.4. The molecule has 0 bridgehead atoms. The zero-order valence-electron chi connectivity index (χ0n) is 16.7. The van der Waals surface area contributed by atoms with Crippen LogP contribution in [0.4, 0.5) is 11.4 Å². The minimum atomic E-state index is -0.137. The van der Waals surface area contributed by atoms with Crippen molar-refractivity contribution in [2.24, 2.45) is 0 Å². The van der Waals surface area contributed by atoms with Gasteiger partial charge in [-0.15, -0.1) is 0 Å². The van der Waals surface area contributed by atoms with E-state index in [1.807, 2.05) is 92.7 Å². The molecule has 5 nitrogen and oxygen atoms in total. The Morgan fingerprint density at radius 2 is 1.55 bits per heavy atom. The number of amides is 1. The van der Waals surface area contributed by atoms with Crippen LogP contribution in [0.25, 0.3) is 0 Å². The zero-order valence-corrected chi connectivity index (χ0v) is 16.7. The van der Waals surface area contributed by atoms with Gasteiger partial charge >= 0.3 is 0 Å². The number of benzene rings is 3. The molecule has 150 valence electrons. The third-order valence-electron chi connectivity index (χ3n) is 4.03. The number of carbonyl (C=O) groups is 1. The Balaban J connectivity index is 1.50. The Kier molecular flexibility index (Phi) is 7.11. The van der Waals surface area contributed by atoms with Crippen LogP contribution < -0.4 is 20.1 Å². The first kappa shape index (κ1) is 20.3. The Morgan fingerprint density at radius 1 is 0.862 bits per heavy atom. The van der Waals surface area contributed by atoms with Gasteiger partial charge in [0.1, 0.15) is 18.1 Å². The van der Waals surface area contributed by atoms with Crippen molar-refractivity contribution in [1.29, 1.82) is 0 Å². The summed E-state index contributed by atoms with van der Waals surface area (Å²) in [7, 11) is 0. The van der Waals surface area contributed by atoms with Gasteiger partial charge in [0.2, 0.25) is 5.91 Å². The van der Waals surface area contributed by atoms with E-state index in [4.69, 9.17) is 9.47 Å². The summed E-state index contributed by atoms with van der Waals surface area (Å²) < 4.78 is 11.5. The SMILES string of the molecule is CC(C)Oc1cccc(NC(=O)CNc2cccc(OCc3ccccc3)c2)c1. The average molecular weight is 390 g/mol. The molecule has 3 aromatic rings. The molecule has 2 N–H and O–H groups in total. The lowest BCUT2D eigenvalue weighted by Crippen LogP contribution is -2.21. The van der Waals surface area contributed by atoms with Crippen molar-refractivity contribution in [3.8, 4) is 11.5 Å². The van der Waals surface area contributed by atoms with E-state index in [2.05, 4.69) is 10.6 Å². The van der Waals surface area contributed by atoms with Crippen molar-refractivity contribution in [3.05, 3.63) is 84.4 Å². The molecule has 3 rings (SSSR count). The number of carbonyl (C=O) groups excluding carboxylic acids is 1. The van der Waals surface area contributed by atoms with Crippen LogP contribution in [0.3, 0.4) is 0 Å². The van der Waals surface area contributed by atoms with Crippen molar-refractivity contribution in [3.63, 3.8) is 0 Å². The summed E-state index contributed by atoms with van der Waals surface area (Å²) in [5.74, 6) is 1.34. The molecule has 29 heavy (non-hydrogen) atoms. The molecule has 0 aliphatic carbocycles. The van der Waals surface area contributed by atoms with Gasteiger partial charge in [0, 0.05) is 23.5 Å². The van der Waals surface area contributed by atoms with E-state index < -0.39 is 0 Å². The minimum Gasteiger partial charge on any atom is -0.491 e. The van der Waals surface area contributed by atoms with Gasteiger partial charge in [0.05, 0.1) is 12.6 Å². The van der Waals surface area contributed by atoms with Crippen LogP contribution in [0, 0.1) is 0 Å². The summed E-state index contributed by atoms with van der Waals surface area (Å²) in [6.07, 6.45) is 0.0824. The van der Waals surface area contributed by atoms with Crippen molar-refractivity contribution in [1.82, 2.24) is 0 Å². The van der Waals surface area contributed by atoms with E-state index in [0.29, 0.717) is 12.3 Å². The fraction of sp³-hybridized carbons (Fsp3) is 0.208. The second-order valence-corrected chi connectivity index (χ2v) is 6.90. The van der Waals surface area contributed by atoms with Gasteiger partial charge in [0.25, 0.3) is 0 Å². The first-order valence-electron chi connectivity index (χ1n) is 9.66. The Hall–Kier alpha value is -3.47. The second kappa shape index (κ2) is 10.2. The van der Waals surface area contributed by atoms with Gasteiger partial charge in [-0.2, -0.15) is 0 Å². The Morgan fingerprint density at radius 3 is 2.31 bits per heavy atom. The highest BCUT2D eigenvalue weighted by Crippen LogP contribution is 2.20. The van der Waals surface area contributed by atoms with E-state index in [1.54, 1.807) is 0 Å². The molecule has 0 saturated carbocycles. The molecule has 0 saturated heterocycles. The van der Waals surface area contributed by atoms with Gasteiger partial charge in [-0.25, -0.2) is 0 Å². The number of hydrogen-bond acceptors (Lipinski definition) is 4. The number of ether oxygens (including phenoxy) is 2. The Bertz CT molecular complexity index is 926. The molecule has 1 amide bonds. The van der Waals surface area contributed by atoms with E-state index in [-0.39, 0.29) is 18.6 Å². The minimum absolute atomic E-state index is 0.0824. The van der Waals surface area contributed by atoms with Crippen molar-refractivity contribution in [2.45, 2.75) is 26.6 Å². The molecule has 0 heterocycles. The third-order valence-corrected chi connectivity index (χ3v) is 4.03. The van der Waals surface area contributed by atoms with E-state index in [1.165, 1.54) is 0 Å². The fourth-order valence-electron chi connectivity index (χ4n) is 2.74. The first-order valence-corrected chi connectivity index (χ1v) is 9.66. The van der Waals surface area contributed by atoms with Crippen LogP contribution in [-0.4, -0.2) is 18.6 Å². The summed E-state index contributed by atoms with van der Waals surface area (Å²) in [5.41, 5.74) is 2.63. The smallest absolute Gasteiger partial charge is 0.243 e. The van der Waals surface area contributed by atoms with Crippen LogP contribution in [-0.2, 0) is 11.4 Å². The number of rotatable bonds is 9. The molecule has 0 aliphatic rings. The van der Waals surface area contributed by atoms with E-state index >= 15 is 0 Å². The van der Waals surface area contributed by atoms with Gasteiger partial charge < -0.3 is 20.1 Å². The average Bonchev–Trinajstić information content (AvgIpc) is 2.72. The number of anilines is 2. The predicted octanol–water partition coefficient (Wildman–Crippen LogP) is 5.10. The number of nitrogens with one attached hydrogen (secondary N) is 2. The maximum Gasteiger partial charge on any atom is 0.243 e. The van der Waals surface area contributed by atoms with Gasteiger partial charge in [0.15, 0.2) is 0 Å². The highest BCUT2D eigenvalue weighted by atomic mass is 16.5. The maximum absolute atomic E-state index is 12.3. The molecule has 0 unspecified atom stereocenters. The standard InChI is InChI=1S/C24H26N2O3/c1-18(2)29-23-13-7-11-21(15-23)26-24(27)16-25-20-10-6-12-22(14-20)28-17-19-8-4-3-5-9-19/h3-15,18,25H,16-17H2,1-2H3,(H,26,27). The van der Waals surface area contributed by atoms with Crippen molar-refractivity contribution in [2.75, 3.05) is 17.2 Å². The summed E-state index contributed by atoms with van der Waals surface area (Å²) >= 11 is 0. The van der Waals surface area contributed by atoms with E-state index in [9.17, 15) is 4.79 Å². The Labute approximate surface area is 171 Å². The van der Waals surface area contributed by atoms with Crippen molar-refractivity contribution >= 4 is 17.3 Å². The summed E-state index contributed by atoms with van der Waals surface area (Å²) in [6.45, 7) is 4.58. The van der Waals surface area contributed by atoms with Crippen LogP contribution in [0.15, 0.2) is 78.9 Å². The van der Waals surface area contributed by atoms with Gasteiger partial charge in [-0.05, 0) is 43.7 Å². The number of hydrogen-bond donors (Lipinski definition) is 2. The summed E-state index contributed by atoms with van der Waals surface area (Å²) in [5, 5.41) is 6.00. The van der Waals surface area contributed by atoms with Gasteiger partial charge in [-0.3, -0.25) is 4.79 Å². The molecule has 0 atom stereocenters. The second-order valence-electron chi connectivity index (χ2n) is 6.90. The molecule has 5 heteroatoms. The zero-order chi connectivity index (χ0) is 20.5. The molecule has 0 spiro atoms. The van der Waals surface area contributed by atoms with Crippen LogP contribution in [0.2, 0.25) is 0 Å². The maximum atomic E-state index is 12.3. The van der Waals surface area contributed by atoms with E-state index in [0.717, 1.165) is 22.7 Å². The predicted molar refractivity (Wildman–Crippen MR) is 117 cm³/mol. The van der Waals surface area contributed by atoms with Crippen LogP contribution in [0.5, 0.6) is 11.5 Å². The highest BCUT2D eigenvalue weighted by Gasteiger charge is 2.05. The van der Waals surface area contributed by atoms with Crippen LogP contribution >= 0.6 is 0 Å². The lowest BCUT2D eigenvalue weighted by molar-refractivity contribution is -0.114. The third kappa shape index (κ3) is 6.88. The quantitative estimate of drug-likeness (QED) is 0.533. The summed E-state index contributed by atoms with van der Waals surface area (Å²) in [6, 6.07) is 24.9. The summed E-state index contributed by atoms with van der Waals surface area (Å²) in [4.78, 5) is 12.3.